The fourth-order valence-electron chi connectivity index (χ4n) is 0. The third kappa shape index (κ3) is 33.4. The van der Waals surface area contributed by atoms with E-state index in [9.17, 15) is 0 Å². The Balaban J connectivity index is 0. The van der Waals surface area contributed by atoms with Gasteiger partial charge in [-0.3, -0.25) is 9.11 Å². The molecular weight excluding hydrogens is 120 g/mol. The van der Waals surface area contributed by atoms with E-state index in [-0.39, 0.29) is 37.7 Å². The molecule has 0 spiro atoms. The van der Waals surface area contributed by atoms with E-state index >= 15 is 0 Å². The molecule has 0 heterocycles. The fraction of sp³-hybridized carbons (Fsp3) is 0. The Kier molecular flexibility index (Phi) is 10.2. The smallest absolute Gasteiger partial charge is 0.284 e. The van der Waals surface area contributed by atoms with Crippen LogP contribution in [0.4, 0.5) is 0 Å². The molecule has 0 unspecified atom stereocenters. The number of rotatable bonds is 0. The van der Waals surface area contributed by atoms with Gasteiger partial charge < -0.3 is 0 Å². The van der Waals surface area contributed by atoms with Gasteiger partial charge in [-0.2, -0.15) is 4.21 Å². The molecule has 0 rings (SSSR count). The normalized spacial score (nSPS) is 7.00. The summed E-state index contributed by atoms with van der Waals surface area (Å²) >= 11 is -2.61. The Morgan fingerprint density at radius 2 is 1.40 bits per heavy atom. The van der Waals surface area contributed by atoms with Crippen molar-refractivity contribution in [1.82, 2.24) is 0 Å². The van der Waals surface area contributed by atoms with Crippen LogP contribution in [0.25, 0.3) is 0 Å². The molecule has 0 aliphatic heterocycles. The Morgan fingerprint density at radius 3 is 1.40 bits per heavy atom. The van der Waals surface area contributed by atoms with Gasteiger partial charge in [-0.15, -0.1) is 0 Å². The predicted octanol–water partition coefficient (Wildman–Crippen LogP) is -0.700. The summed E-state index contributed by atoms with van der Waals surface area (Å²) in [6, 6.07) is 0. The van der Waals surface area contributed by atoms with Crippen molar-refractivity contribution in [3.05, 3.63) is 0 Å². The van der Waals surface area contributed by atoms with Gasteiger partial charge in [0.15, 0.2) is 0 Å². The fourth-order valence-corrected chi connectivity index (χ4v) is 0. The maximum Gasteiger partial charge on any atom is 2.00 e. The van der Waals surface area contributed by atoms with Crippen LogP contribution in [-0.2, 0) is 11.4 Å². The summed E-state index contributed by atoms with van der Waals surface area (Å²) in [6.07, 6.45) is 0. The van der Waals surface area contributed by atoms with Gasteiger partial charge in [0.2, 0.25) is 0 Å². The Morgan fingerprint density at radius 1 is 1.40 bits per heavy atom. The summed E-state index contributed by atoms with van der Waals surface area (Å²) in [6.45, 7) is 0. The molecule has 5 heavy (non-hydrogen) atoms. The first-order chi connectivity index (χ1) is 1.73. The first-order valence-electron chi connectivity index (χ1n) is 0.532. The summed E-state index contributed by atoms with van der Waals surface area (Å²) in [5.74, 6) is 0. The summed E-state index contributed by atoms with van der Waals surface area (Å²) in [5, 5.41) is 0. The second-order valence-electron chi connectivity index (χ2n) is 0.231. The largest absolute Gasteiger partial charge is 2.00 e. The molecule has 0 aliphatic carbocycles. The third-order valence-electron chi connectivity index (χ3n) is 0. The van der Waals surface area contributed by atoms with E-state index < -0.39 is 11.4 Å². The van der Waals surface area contributed by atoms with Crippen LogP contribution in [0.15, 0.2) is 0 Å². The van der Waals surface area contributed by atoms with Gasteiger partial charge in [-0.1, -0.05) is 0 Å². The molecule has 0 aliphatic rings. The second kappa shape index (κ2) is 5.33. The SMILES string of the molecule is O=S(O)O.[Ca+2]. The summed E-state index contributed by atoms with van der Waals surface area (Å²) in [7, 11) is 0. The monoisotopic (exact) mass is 122 g/mol. The van der Waals surface area contributed by atoms with Crippen molar-refractivity contribution in [2.45, 2.75) is 0 Å². The van der Waals surface area contributed by atoms with Crippen molar-refractivity contribution in [3.63, 3.8) is 0 Å². The van der Waals surface area contributed by atoms with E-state index in [0.29, 0.717) is 0 Å². The van der Waals surface area contributed by atoms with E-state index in [1.54, 1.807) is 0 Å². The van der Waals surface area contributed by atoms with E-state index in [4.69, 9.17) is 13.3 Å². The standard InChI is InChI=1S/Ca.H2O3S/c;1-4(2)3/h;(H2,1,2,3)/q+2;. The van der Waals surface area contributed by atoms with Gasteiger partial charge in [0.25, 0.3) is 11.4 Å². The predicted molar refractivity (Wildman–Crippen MR) is 19.2 cm³/mol. The van der Waals surface area contributed by atoms with Gasteiger partial charge in [-0.25, -0.2) is 0 Å². The van der Waals surface area contributed by atoms with Crippen molar-refractivity contribution in [3.8, 4) is 0 Å². The molecule has 26 valence electrons. The molecule has 0 saturated carbocycles. The van der Waals surface area contributed by atoms with Gasteiger partial charge in [0.1, 0.15) is 0 Å². The van der Waals surface area contributed by atoms with Crippen molar-refractivity contribution in [2.75, 3.05) is 0 Å². The molecule has 0 amide bonds. The first-order valence-corrected chi connectivity index (χ1v) is 1.60. The van der Waals surface area contributed by atoms with Crippen molar-refractivity contribution >= 4 is 49.1 Å². The van der Waals surface area contributed by atoms with Gasteiger partial charge in [0.05, 0.1) is 0 Å². The zero-order valence-corrected chi connectivity index (χ0v) is 5.44. The Hall–Kier alpha value is 1.33. The minimum Gasteiger partial charge on any atom is -0.284 e. The first kappa shape index (κ1) is 9.59. The zero-order chi connectivity index (χ0) is 3.58. The number of hydrogen-bond acceptors (Lipinski definition) is 1. The average molecular weight is 122 g/mol. The molecular formula is H2CaO3S+2. The molecule has 3 nitrogen and oxygen atoms in total. The quantitative estimate of drug-likeness (QED) is 0.330. The average Bonchev–Trinajstić information content (AvgIpc) is 0.811. The Labute approximate surface area is 61.9 Å². The maximum absolute atomic E-state index is 8.67. The van der Waals surface area contributed by atoms with Crippen LogP contribution in [0.3, 0.4) is 0 Å². The van der Waals surface area contributed by atoms with Crippen LogP contribution in [0.2, 0.25) is 0 Å². The third-order valence-corrected chi connectivity index (χ3v) is 0. The Bertz CT molecular complexity index is 29.9. The van der Waals surface area contributed by atoms with E-state index in [2.05, 4.69) is 0 Å². The summed E-state index contributed by atoms with van der Waals surface area (Å²) in [5.41, 5.74) is 0. The van der Waals surface area contributed by atoms with E-state index in [1.165, 1.54) is 0 Å². The van der Waals surface area contributed by atoms with Crippen LogP contribution in [0.1, 0.15) is 0 Å². The molecule has 0 saturated heterocycles. The van der Waals surface area contributed by atoms with E-state index in [1.807, 2.05) is 0 Å². The summed E-state index contributed by atoms with van der Waals surface area (Å²) in [4.78, 5) is 0. The van der Waals surface area contributed by atoms with Crippen molar-refractivity contribution in [1.29, 1.82) is 0 Å². The summed E-state index contributed by atoms with van der Waals surface area (Å²) < 4.78 is 22.8. The van der Waals surface area contributed by atoms with Crippen LogP contribution < -0.4 is 0 Å². The minimum atomic E-state index is -2.61. The van der Waals surface area contributed by atoms with Gasteiger partial charge in [-0.05, 0) is 0 Å². The van der Waals surface area contributed by atoms with Crippen molar-refractivity contribution < 1.29 is 13.3 Å². The zero-order valence-electron chi connectivity index (χ0n) is 2.42. The van der Waals surface area contributed by atoms with Crippen LogP contribution in [0.5, 0.6) is 0 Å². The molecule has 0 aromatic rings. The van der Waals surface area contributed by atoms with Crippen LogP contribution >= 0.6 is 0 Å². The topological polar surface area (TPSA) is 57.5 Å². The molecule has 0 atom stereocenters. The van der Waals surface area contributed by atoms with Gasteiger partial charge in [0, 0.05) is 0 Å². The molecule has 0 bridgehead atoms. The molecule has 0 fully saturated rings. The molecule has 0 radical (unpaired) electrons. The van der Waals surface area contributed by atoms with Crippen molar-refractivity contribution in [2.24, 2.45) is 0 Å². The van der Waals surface area contributed by atoms with Crippen LogP contribution in [0, 0.1) is 0 Å². The minimum absolute atomic E-state index is 0. The number of hydrogen-bond donors (Lipinski definition) is 2. The maximum atomic E-state index is 8.67. The molecule has 0 aromatic carbocycles. The molecule has 0 aromatic heterocycles. The molecule has 2 N–H and O–H groups in total. The second-order valence-corrected chi connectivity index (χ2v) is 0.692. The van der Waals surface area contributed by atoms with Gasteiger partial charge >= 0.3 is 37.7 Å². The van der Waals surface area contributed by atoms with E-state index in [0.717, 1.165) is 0 Å². The molecule has 5 heteroatoms. The van der Waals surface area contributed by atoms with Crippen LogP contribution in [-0.4, -0.2) is 51.1 Å².